The van der Waals surface area contributed by atoms with E-state index in [-0.39, 0.29) is 6.04 Å². The van der Waals surface area contributed by atoms with E-state index in [0.717, 1.165) is 32.5 Å². The molecule has 0 bridgehead atoms. The van der Waals surface area contributed by atoms with E-state index in [0.29, 0.717) is 11.8 Å². The molecule has 2 aliphatic heterocycles. The van der Waals surface area contributed by atoms with Gasteiger partial charge in [-0.1, -0.05) is 31.2 Å². The lowest BCUT2D eigenvalue weighted by molar-refractivity contribution is -0.135. The summed E-state index contributed by atoms with van der Waals surface area (Å²) in [7, 11) is 0. The lowest BCUT2D eigenvalue weighted by atomic mass is 9.94. The van der Waals surface area contributed by atoms with Gasteiger partial charge in [0.15, 0.2) is 0 Å². The van der Waals surface area contributed by atoms with Crippen molar-refractivity contribution in [1.82, 2.24) is 10.2 Å². The number of carbonyl (C=O) groups excluding carboxylic acids is 1. The van der Waals surface area contributed by atoms with Gasteiger partial charge >= 0.3 is 0 Å². The van der Waals surface area contributed by atoms with E-state index in [1.54, 1.807) is 0 Å². The van der Waals surface area contributed by atoms with Gasteiger partial charge in [-0.05, 0) is 36.3 Å². The van der Waals surface area contributed by atoms with Crippen LogP contribution in [0.5, 0.6) is 0 Å². The summed E-state index contributed by atoms with van der Waals surface area (Å²) in [5, 5.41) is 3.40. The van der Waals surface area contributed by atoms with Crippen LogP contribution in [-0.4, -0.2) is 29.9 Å². The smallest absolute Gasteiger partial charge is 0.240 e. The van der Waals surface area contributed by atoms with Gasteiger partial charge in [0.1, 0.15) is 0 Å². The molecule has 2 aliphatic rings. The number of rotatable bonds is 1. The number of hydrogen-bond acceptors (Lipinski definition) is 2. The summed E-state index contributed by atoms with van der Waals surface area (Å²) in [6.07, 6.45) is 3.24. The maximum Gasteiger partial charge on any atom is 0.240 e. The van der Waals surface area contributed by atoms with Gasteiger partial charge in [-0.3, -0.25) is 4.79 Å². The van der Waals surface area contributed by atoms with Gasteiger partial charge in [0, 0.05) is 19.6 Å². The van der Waals surface area contributed by atoms with Gasteiger partial charge in [-0.15, -0.1) is 0 Å². The van der Waals surface area contributed by atoms with E-state index in [9.17, 15) is 4.79 Å². The molecule has 1 aromatic rings. The van der Waals surface area contributed by atoms with Crippen LogP contribution in [0, 0.1) is 5.92 Å². The van der Waals surface area contributed by atoms with Crippen LogP contribution in [0.3, 0.4) is 0 Å². The number of fused-ring (bicyclic) bond motifs is 1. The van der Waals surface area contributed by atoms with E-state index in [1.165, 1.54) is 17.5 Å². The SMILES string of the molecule is CC1CCCN(C(=O)[C@@H]2Cc3ccccc3CN2)C1. The lowest BCUT2D eigenvalue weighted by Gasteiger charge is -2.35. The first kappa shape index (κ1) is 12.7. The average molecular weight is 258 g/mol. The van der Waals surface area contributed by atoms with Crippen molar-refractivity contribution >= 4 is 5.91 Å². The van der Waals surface area contributed by atoms with Crippen LogP contribution >= 0.6 is 0 Å². The molecule has 0 aliphatic carbocycles. The molecule has 1 N–H and O–H groups in total. The minimum absolute atomic E-state index is 0.0276. The van der Waals surface area contributed by atoms with Crippen LogP contribution in [0.15, 0.2) is 24.3 Å². The Balaban J connectivity index is 1.69. The fraction of sp³-hybridized carbons (Fsp3) is 0.562. The van der Waals surface area contributed by atoms with Crippen LogP contribution in [-0.2, 0) is 17.8 Å². The topological polar surface area (TPSA) is 32.3 Å². The average Bonchev–Trinajstić information content (AvgIpc) is 2.46. The normalized spacial score (nSPS) is 26.9. The molecule has 19 heavy (non-hydrogen) atoms. The molecule has 0 saturated carbocycles. The van der Waals surface area contributed by atoms with Crippen LogP contribution in [0.25, 0.3) is 0 Å². The molecule has 2 heterocycles. The zero-order chi connectivity index (χ0) is 13.2. The third-order valence-electron chi connectivity index (χ3n) is 4.35. The first-order valence-corrected chi connectivity index (χ1v) is 7.33. The molecule has 102 valence electrons. The van der Waals surface area contributed by atoms with E-state index < -0.39 is 0 Å². The highest BCUT2D eigenvalue weighted by Crippen LogP contribution is 2.20. The monoisotopic (exact) mass is 258 g/mol. The van der Waals surface area contributed by atoms with Crippen LogP contribution < -0.4 is 5.32 Å². The molecule has 0 spiro atoms. The first-order chi connectivity index (χ1) is 9.24. The molecule has 1 fully saturated rings. The molecule has 0 aromatic heterocycles. The van der Waals surface area contributed by atoms with Crippen molar-refractivity contribution in [2.45, 2.75) is 38.8 Å². The van der Waals surface area contributed by atoms with Gasteiger partial charge < -0.3 is 10.2 Å². The quantitative estimate of drug-likeness (QED) is 0.835. The third-order valence-corrected chi connectivity index (χ3v) is 4.35. The molecule has 1 unspecified atom stereocenters. The van der Waals surface area contributed by atoms with Crippen molar-refractivity contribution in [2.75, 3.05) is 13.1 Å². The third kappa shape index (κ3) is 2.66. The predicted octanol–water partition coefficient (Wildman–Crippen LogP) is 1.96. The number of likely N-dealkylation sites (tertiary alicyclic amines) is 1. The second kappa shape index (κ2) is 5.33. The van der Waals surface area contributed by atoms with Gasteiger partial charge in [0.05, 0.1) is 6.04 Å². The Morgan fingerprint density at radius 1 is 1.32 bits per heavy atom. The van der Waals surface area contributed by atoms with Gasteiger partial charge in [-0.2, -0.15) is 0 Å². The minimum Gasteiger partial charge on any atom is -0.341 e. The van der Waals surface area contributed by atoms with Gasteiger partial charge in [0.2, 0.25) is 5.91 Å². The summed E-state index contributed by atoms with van der Waals surface area (Å²) in [5.74, 6) is 0.939. The maximum atomic E-state index is 12.6. The molecule has 0 radical (unpaired) electrons. The fourth-order valence-electron chi connectivity index (χ4n) is 3.24. The van der Waals surface area contributed by atoms with E-state index >= 15 is 0 Å². The van der Waals surface area contributed by atoms with Crippen LogP contribution in [0.1, 0.15) is 30.9 Å². The number of piperidine rings is 1. The molecule has 3 nitrogen and oxygen atoms in total. The second-order valence-electron chi connectivity index (χ2n) is 5.94. The van der Waals surface area contributed by atoms with Crippen molar-refractivity contribution in [3.63, 3.8) is 0 Å². The maximum absolute atomic E-state index is 12.6. The Kier molecular flexibility index (Phi) is 3.56. The summed E-state index contributed by atoms with van der Waals surface area (Å²) in [4.78, 5) is 14.6. The highest BCUT2D eigenvalue weighted by molar-refractivity contribution is 5.82. The summed E-state index contributed by atoms with van der Waals surface area (Å²) in [6.45, 7) is 4.92. The first-order valence-electron chi connectivity index (χ1n) is 7.33. The number of nitrogens with zero attached hydrogens (tertiary/aromatic N) is 1. The number of benzene rings is 1. The zero-order valence-corrected chi connectivity index (χ0v) is 11.6. The summed E-state index contributed by atoms with van der Waals surface area (Å²) >= 11 is 0. The predicted molar refractivity (Wildman–Crippen MR) is 75.8 cm³/mol. The zero-order valence-electron chi connectivity index (χ0n) is 11.6. The fourth-order valence-corrected chi connectivity index (χ4v) is 3.24. The van der Waals surface area contributed by atoms with Crippen molar-refractivity contribution in [3.8, 4) is 0 Å². The molecule has 3 rings (SSSR count). The highest BCUT2D eigenvalue weighted by Gasteiger charge is 2.29. The summed E-state index contributed by atoms with van der Waals surface area (Å²) in [6, 6.07) is 8.39. The van der Waals surface area contributed by atoms with E-state index in [2.05, 4.69) is 41.4 Å². The molecule has 1 amide bonds. The molecule has 1 saturated heterocycles. The Hall–Kier alpha value is -1.35. The van der Waals surface area contributed by atoms with Crippen molar-refractivity contribution in [3.05, 3.63) is 35.4 Å². The number of nitrogens with one attached hydrogen (secondary N) is 1. The Morgan fingerprint density at radius 3 is 2.89 bits per heavy atom. The summed E-state index contributed by atoms with van der Waals surface area (Å²) < 4.78 is 0. The Morgan fingerprint density at radius 2 is 2.11 bits per heavy atom. The van der Waals surface area contributed by atoms with Crippen molar-refractivity contribution in [2.24, 2.45) is 5.92 Å². The second-order valence-corrected chi connectivity index (χ2v) is 5.94. The molecular weight excluding hydrogens is 236 g/mol. The molecular formula is C16H22N2O. The van der Waals surface area contributed by atoms with Gasteiger partial charge in [0.25, 0.3) is 0 Å². The van der Waals surface area contributed by atoms with E-state index in [4.69, 9.17) is 0 Å². The van der Waals surface area contributed by atoms with Crippen LogP contribution in [0.2, 0.25) is 0 Å². The molecule has 1 aromatic carbocycles. The largest absolute Gasteiger partial charge is 0.341 e. The lowest BCUT2D eigenvalue weighted by Crippen LogP contribution is -2.51. The highest BCUT2D eigenvalue weighted by atomic mass is 16.2. The van der Waals surface area contributed by atoms with Crippen molar-refractivity contribution < 1.29 is 4.79 Å². The Labute approximate surface area is 115 Å². The van der Waals surface area contributed by atoms with Crippen LogP contribution in [0.4, 0.5) is 0 Å². The van der Waals surface area contributed by atoms with Crippen molar-refractivity contribution in [1.29, 1.82) is 0 Å². The van der Waals surface area contributed by atoms with Gasteiger partial charge in [-0.25, -0.2) is 0 Å². The minimum atomic E-state index is -0.0276. The number of carbonyl (C=O) groups is 1. The summed E-state index contributed by atoms with van der Waals surface area (Å²) in [5.41, 5.74) is 2.66. The number of amides is 1. The molecule has 3 heteroatoms. The van der Waals surface area contributed by atoms with E-state index in [1.807, 2.05) is 0 Å². The Bertz CT molecular complexity index is 472. The molecule has 2 atom stereocenters. The standard InChI is InChI=1S/C16H22N2O/c1-12-5-4-8-18(11-12)16(19)15-9-13-6-2-3-7-14(13)10-17-15/h2-3,6-7,12,15,17H,4-5,8-11H2,1H3/t12?,15-/m0/s1. The number of hydrogen-bond donors (Lipinski definition) is 1.